The van der Waals surface area contributed by atoms with E-state index < -0.39 is 0 Å². The maximum Gasteiger partial charge on any atom is 0.204 e. The van der Waals surface area contributed by atoms with Crippen molar-refractivity contribution in [2.24, 2.45) is 0 Å². The molecule has 5 heteroatoms. The smallest absolute Gasteiger partial charge is 0.204 e. The summed E-state index contributed by atoms with van der Waals surface area (Å²) in [5, 5.41) is 3.36. The van der Waals surface area contributed by atoms with Crippen molar-refractivity contribution >= 4 is 0 Å². The highest BCUT2D eigenvalue weighted by Gasteiger charge is 2.21. The lowest BCUT2D eigenvalue weighted by Crippen LogP contribution is -2.42. The van der Waals surface area contributed by atoms with E-state index in [0.29, 0.717) is 13.2 Å². The molecule has 2 heterocycles. The lowest BCUT2D eigenvalue weighted by atomic mass is 10.1. The molecular formula is C14H20N2O3. The molecule has 2 aliphatic rings. The van der Waals surface area contributed by atoms with Crippen molar-refractivity contribution in [1.82, 2.24) is 10.2 Å². The molecule has 0 aromatic heterocycles. The maximum atomic E-state index is 5.69. The molecule has 104 valence electrons. The van der Waals surface area contributed by atoms with Crippen LogP contribution in [0.2, 0.25) is 0 Å². The molecule has 1 fully saturated rings. The van der Waals surface area contributed by atoms with Crippen molar-refractivity contribution in [2.75, 3.05) is 46.5 Å². The Hall–Kier alpha value is -1.46. The molecule has 0 aliphatic carbocycles. The van der Waals surface area contributed by atoms with Crippen LogP contribution in [0.15, 0.2) is 12.1 Å². The standard InChI is InChI=1S/C14H20N2O3/c1-17-13-11(10-16-6-4-15-5-7-16)2-3-12-14(13)19-9-8-18-12/h2-3,15H,4-10H2,1H3. The molecule has 3 rings (SSSR count). The molecule has 0 amide bonds. The quantitative estimate of drug-likeness (QED) is 0.877. The molecule has 19 heavy (non-hydrogen) atoms. The Morgan fingerprint density at radius 1 is 1.21 bits per heavy atom. The Labute approximate surface area is 113 Å². The number of nitrogens with one attached hydrogen (secondary N) is 1. The van der Waals surface area contributed by atoms with Gasteiger partial charge in [-0.2, -0.15) is 0 Å². The summed E-state index contributed by atoms with van der Waals surface area (Å²) in [5.41, 5.74) is 1.16. The molecule has 1 aromatic rings. The van der Waals surface area contributed by atoms with Crippen LogP contribution in [0.1, 0.15) is 5.56 Å². The van der Waals surface area contributed by atoms with Gasteiger partial charge in [0.2, 0.25) is 5.75 Å². The first-order chi connectivity index (χ1) is 9.38. The number of methoxy groups -OCH3 is 1. The molecule has 0 unspecified atom stereocenters. The molecule has 0 saturated carbocycles. The van der Waals surface area contributed by atoms with Gasteiger partial charge in [0, 0.05) is 38.3 Å². The average molecular weight is 264 g/mol. The van der Waals surface area contributed by atoms with Crippen LogP contribution in [0, 0.1) is 0 Å². The van der Waals surface area contributed by atoms with E-state index >= 15 is 0 Å². The molecule has 1 N–H and O–H groups in total. The Morgan fingerprint density at radius 3 is 2.79 bits per heavy atom. The van der Waals surface area contributed by atoms with E-state index in [1.807, 2.05) is 6.07 Å². The van der Waals surface area contributed by atoms with Crippen molar-refractivity contribution in [2.45, 2.75) is 6.54 Å². The lowest BCUT2D eigenvalue weighted by Gasteiger charge is -2.29. The van der Waals surface area contributed by atoms with Gasteiger partial charge >= 0.3 is 0 Å². The third kappa shape index (κ3) is 2.62. The van der Waals surface area contributed by atoms with Gasteiger partial charge in [0.1, 0.15) is 13.2 Å². The van der Waals surface area contributed by atoms with Crippen LogP contribution in [-0.4, -0.2) is 51.4 Å². The van der Waals surface area contributed by atoms with Gasteiger partial charge in [-0.25, -0.2) is 0 Å². The Kier molecular flexibility index (Phi) is 3.75. The van der Waals surface area contributed by atoms with Crippen LogP contribution < -0.4 is 19.5 Å². The van der Waals surface area contributed by atoms with Gasteiger partial charge in [0.05, 0.1) is 7.11 Å². The summed E-state index contributed by atoms with van der Waals surface area (Å²) in [6.45, 7) is 6.31. The van der Waals surface area contributed by atoms with Gasteiger partial charge in [0.25, 0.3) is 0 Å². The minimum Gasteiger partial charge on any atom is -0.492 e. The summed E-state index contributed by atoms with van der Waals surface area (Å²) >= 11 is 0. The third-order valence-electron chi connectivity index (χ3n) is 3.55. The van der Waals surface area contributed by atoms with Gasteiger partial charge in [-0.3, -0.25) is 4.90 Å². The minimum absolute atomic E-state index is 0.584. The number of fused-ring (bicyclic) bond motifs is 1. The third-order valence-corrected chi connectivity index (χ3v) is 3.55. The van der Waals surface area contributed by atoms with Gasteiger partial charge in [-0.15, -0.1) is 0 Å². The fourth-order valence-corrected chi connectivity index (χ4v) is 2.59. The second-order valence-corrected chi connectivity index (χ2v) is 4.81. The summed E-state index contributed by atoms with van der Waals surface area (Å²) in [5.74, 6) is 2.35. The van der Waals surface area contributed by atoms with Crippen molar-refractivity contribution in [3.05, 3.63) is 17.7 Å². The van der Waals surface area contributed by atoms with Crippen LogP contribution in [0.5, 0.6) is 17.2 Å². The first-order valence-electron chi connectivity index (χ1n) is 6.77. The van der Waals surface area contributed by atoms with Crippen LogP contribution >= 0.6 is 0 Å². The molecule has 0 bridgehead atoms. The summed E-state index contributed by atoms with van der Waals surface area (Å²) in [6.07, 6.45) is 0. The molecule has 0 spiro atoms. The van der Waals surface area contributed by atoms with E-state index in [-0.39, 0.29) is 0 Å². The highest BCUT2D eigenvalue weighted by atomic mass is 16.6. The fourth-order valence-electron chi connectivity index (χ4n) is 2.59. The monoisotopic (exact) mass is 264 g/mol. The molecule has 0 atom stereocenters. The van der Waals surface area contributed by atoms with Crippen LogP contribution in [0.4, 0.5) is 0 Å². The van der Waals surface area contributed by atoms with E-state index in [1.165, 1.54) is 0 Å². The molecule has 5 nitrogen and oxygen atoms in total. The number of hydrogen-bond acceptors (Lipinski definition) is 5. The highest BCUT2D eigenvalue weighted by Crippen LogP contribution is 2.42. The summed E-state index contributed by atoms with van der Waals surface area (Å²) < 4.78 is 16.8. The second kappa shape index (κ2) is 5.67. The van der Waals surface area contributed by atoms with E-state index in [2.05, 4.69) is 16.3 Å². The molecule has 1 saturated heterocycles. The zero-order valence-electron chi connectivity index (χ0n) is 11.3. The number of ether oxygens (including phenoxy) is 3. The Morgan fingerprint density at radius 2 is 2.00 bits per heavy atom. The predicted molar refractivity (Wildman–Crippen MR) is 72.1 cm³/mol. The Bertz CT molecular complexity index is 445. The topological polar surface area (TPSA) is 43.0 Å². The fraction of sp³-hybridized carbons (Fsp3) is 0.571. The lowest BCUT2D eigenvalue weighted by molar-refractivity contribution is 0.163. The number of rotatable bonds is 3. The van der Waals surface area contributed by atoms with Crippen molar-refractivity contribution in [3.8, 4) is 17.2 Å². The van der Waals surface area contributed by atoms with Crippen LogP contribution in [-0.2, 0) is 6.54 Å². The normalized spacial score (nSPS) is 19.2. The van der Waals surface area contributed by atoms with Crippen molar-refractivity contribution in [3.63, 3.8) is 0 Å². The van der Waals surface area contributed by atoms with Gasteiger partial charge in [0.15, 0.2) is 11.5 Å². The van der Waals surface area contributed by atoms with E-state index in [0.717, 1.165) is 55.5 Å². The van der Waals surface area contributed by atoms with Crippen LogP contribution in [0.3, 0.4) is 0 Å². The molecule has 2 aliphatic heterocycles. The summed E-state index contributed by atoms with van der Waals surface area (Å²) in [7, 11) is 1.69. The summed E-state index contributed by atoms with van der Waals surface area (Å²) in [6, 6.07) is 4.06. The zero-order valence-corrected chi connectivity index (χ0v) is 11.3. The minimum atomic E-state index is 0.584. The van der Waals surface area contributed by atoms with E-state index in [4.69, 9.17) is 14.2 Å². The SMILES string of the molecule is COc1c(CN2CCNCC2)ccc2c1OCCO2. The largest absolute Gasteiger partial charge is 0.492 e. The number of nitrogens with zero attached hydrogens (tertiary/aromatic N) is 1. The van der Waals surface area contributed by atoms with Gasteiger partial charge < -0.3 is 19.5 Å². The average Bonchev–Trinajstić information content (AvgIpc) is 2.48. The number of piperazine rings is 1. The second-order valence-electron chi connectivity index (χ2n) is 4.81. The Balaban J connectivity index is 1.83. The number of hydrogen-bond donors (Lipinski definition) is 1. The first-order valence-corrected chi connectivity index (χ1v) is 6.77. The van der Waals surface area contributed by atoms with Crippen LogP contribution in [0.25, 0.3) is 0 Å². The van der Waals surface area contributed by atoms with E-state index in [9.17, 15) is 0 Å². The molecule has 0 radical (unpaired) electrons. The van der Waals surface area contributed by atoms with Crippen molar-refractivity contribution < 1.29 is 14.2 Å². The van der Waals surface area contributed by atoms with Crippen molar-refractivity contribution in [1.29, 1.82) is 0 Å². The highest BCUT2D eigenvalue weighted by molar-refractivity contribution is 5.56. The van der Waals surface area contributed by atoms with E-state index in [1.54, 1.807) is 7.11 Å². The van der Waals surface area contributed by atoms with Gasteiger partial charge in [-0.1, -0.05) is 6.07 Å². The molecule has 1 aromatic carbocycles. The van der Waals surface area contributed by atoms with Gasteiger partial charge in [-0.05, 0) is 6.07 Å². The zero-order chi connectivity index (χ0) is 13.1. The first kappa shape index (κ1) is 12.6. The molecular weight excluding hydrogens is 244 g/mol. The maximum absolute atomic E-state index is 5.69. The number of benzene rings is 1. The summed E-state index contributed by atoms with van der Waals surface area (Å²) in [4.78, 5) is 2.42. The predicted octanol–water partition coefficient (Wildman–Crippen LogP) is 0.872.